The quantitative estimate of drug-likeness (QED) is 0.777. The minimum absolute atomic E-state index is 0.261. The first-order valence-electron chi connectivity index (χ1n) is 7.52. The number of nitrogens with zero attached hydrogens (tertiary/aromatic N) is 1. The molecule has 0 saturated carbocycles. The van der Waals surface area contributed by atoms with E-state index in [9.17, 15) is 14.4 Å². The first-order chi connectivity index (χ1) is 11.4. The second kappa shape index (κ2) is 7.67. The topological polar surface area (TPSA) is 94.2 Å². The van der Waals surface area contributed by atoms with Gasteiger partial charge in [0.2, 0.25) is 0 Å². The molecule has 130 valence electrons. The largest absolute Gasteiger partial charge is 0.497 e. The number of urea groups is 1. The van der Waals surface area contributed by atoms with Crippen LogP contribution in [-0.2, 0) is 14.3 Å². The molecule has 0 spiro atoms. The van der Waals surface area contributed by atoms with Gasteiger partial charge in [-0.05, 0) is 38.1 Å². The fourth-order valence-electron chi connectivity index (χ4n) is 2.13. The summed E-state index contributed by atoms with van der Waals surface area (Å²) in [6.45, 7) is 3.60. The maximum Gasteiger partial charge on any atom is 0.347 e. The zero-order chi connectivity index (χ0) is 17.7. The van der Waals surface area contributed by atoms with Gasteiger partial charge in [-0.15, -0.1) is 0 Å². The van der Waals surface area contributed by atoms with Crippen molar-refractivity contribution in [2.45, 2.75) is 26.1 Å². The van der Waals surface area contributed by atoms with E-state index in [0.29, 0.717) is 18.0 Å². The van der Waals surface area contributed by atoms with Crippen LogP contribution in [0.4, 0.5) is 4.79 Å². The van der Waals surface area contributed by atoms with Crippen LogP contribution < -0.4 is 14.8 Å². The Hall–Kier alpha value is -2.77. The van der Waals surface area contributed by atoms with Crippen molar-refractivity contribution in [1.29, 1.82) is 0 Å². The van der Waals surface area contributed by atoms with Crippen molar-refractivity contribution in [3.63, 3.8) is 0 Å². The number of methoxy groups -OCH3 is 1. The van der Waals surface area contributed by atoms with Crippen molar-refractivity contribution >= 4 is 17.9 Å². The molecule has 0 aliphatic carbocycles. The predicted octanol–water partition coefficient (Wildman–Crippen LogP) is 0.946. The molecule has 24 heavy (non-hydrogen) atoms. The molecule has 1 aromatic carbocycles. The summed E-state index contributed by atoms with van der Waals surface area (Å²) in [6, 6.07) is 6.24. The van der Waals surface area contributed by atoms with Gasteiger partial charge in [-0.3, -0.25) is 9.69 Å². The van der Waals surface area contributed by atoms with Crippen LogP contribution in [0.2, 0.25) is 0 Å². The number of amides is 3. The second-order valence-corrected chi connectivity index (χ2v) is 5.24. The first kappa shape index (κ1) is 17.6. The Labute approximate surface area is 139 Å². The van der Waals surface area contributed by atoms with E-state index >= 15 is 0 Å². The molecule has 2 rings (SSSR count). The highest BCUT2D eigenvalue weighted by Gasteiger charge is 2.32. The van der Waals surface area contributed by atoms with E-state index < -0.39 is 30.1 Å². The molecule has 0 radical (unpaired) electrons. The Kier molecular flexibility index (Phi) is 5.62. The van der Waals surface area contributed by atoms with E-state index in [1.807, 2.05) is 0 Å². The van der Waals surface area contributed by atoms with E-state index in [0.717, 1.165) is 4.90 Å². The van der Waals surface area contributed by atoms with Crippen molar-refractivity contribution in [2.24, 2.45) is 0 Å². The highest BCUT2D eigenvalue weighted by atomic mass is 16.6. The summed E-state index contributed by atoms with van der Waals surface area (Å²) in [5.41, 5.74) is 0. The summed E-state index contributed by atoms with van der Waals surface area (Å²) in [6.07, 6.45) is -1.97. The lowest BCUT2D eigenvalue weighted by Crippen LogP contribution is -2.43. The van der Waals surface area contributed by atoms with Crippen LogP contribution in [0.15, 0.2) is 24.3 Å². The molecular weight excluding hydrogens is 316 g/mol. The number of esters is 1. The fourth-order valence-corrected chi connectivity index (χ4v) is 2.13. The highest BCUT2D eigenvalue weighted by molar-refractivity contribution is 5.98. The number of imide groups is 1. The Morgan fingerprint density at radius 3 is 2.29 bits per heavy atom. The Balaban J connectivity index is 1.88. The molecule has 1 N–H and O–H groups in total. The van der Waals surface area contributed by atoms with Gasteiger partial charge in [-0.2, -0.15) is 0 Å². The molecule has 3 amide bonds. The Morgan fingerprint density at radius 1 is 1.12 bits per heavy atom. The van der Waals surface area contributed by atoms with Crippen molar-refractivity contribution in [3.8, 4) is 11.5 Å². The van der Waals surface area contributed by atoms with Gasteiger partial charge >= 0.3 is 12.0 Å². The van der Waals surface area contributed by atoms with Crippen LogP contribution >= 0.6 is 0 Å². The smallest absolute Gasteiger partial charge is 0.347 e. The van der Waals surface area contributed by atoms with E-state index in [2.05, 4.69) is 5.32 Å². The Morgan fingerprint density at radius 2 is 1.75 bits per heavy atom. The van der Waals surface area contributed by atoms with Crippen molar-refractivity contribution in [2.75, 3.05) is 20.2 Å². The molecule has 0 unspecified atom stereocenters. The van der Waals surface area contributed by atoms with Crippen LogP contribution in [0.3, 0.4) is 0 Å². The first-order valence-corrected chi connectivity index (χ1v) is 7.52. The summed E-state index contributed by atoms with van der Waals surface area (Å²) in [7, 11) is 1.55. The third-order valence-electron chi connectivity index (χ3n) is 3.47. The number of ether oxygens (including phenoxy) is 3. The standard InChI is InChI=1S/C16H20N2O6/c1-10(14(19)18-9-8-17-16(18)21)24-15(20)11(2)23-13-6-4-12(22-3)5-7-13/h4-7,10-11H,8-9H2,1-3H3,(H,17,21)/t10-,11+/m0/s1. The highest BCUT2D eigenvalue weighted by Crippen LogP contribution is 2.18. The molecule has 1 aromatic rings. The van der Waals surface area contributed by atoms with Crippen molar-refractivity contribution in [3.05, 3.63) is 24.3 Å². The molecule has 0 bridgehead atoms. The van der Waals surface area contributed by atoms with Crippen molar-refractivity contribution < 1.29 is 28.6 Å². The van der Waals surface area contributed by atoms with Gasteiger partial charge in [0.15, 0.2) is 12.2 Å². The lowest BCUT2D eigenvalue weighted by Gasteiger charge is -2.20. The van der Waals surface area contributed by atoms with E-state index in [1.54, 1.807) is 31.4 Å². The van der Waals surface area contributed by atoms with E-state index in [-0.39, 0.29) is 6.54 Å². The molecule has 2 atom stereocenters. The molecular formula is C16H20N2O6. The van der Waals surface area contributed by atoms with Gasteiger partial charge in [0.1, 0.15) is 11.5 Å². The number of nitrogens with one attached hydrogen (secondary N) is 1. The molecule has 0 aromatic heterocycles. The number of benzene rings is 1. The molecule has 1 saturated heterocycles. The summed E-state index contributed by atoms with van der Waals surface area (Å²) in [5.74, 6) is -0.111. The summed E-state index contributed by atoms with van der Waals surface area (Å²) < 4.78 is 15.6. The summed E-state index contributed by atoms with van der Waals surface area (Å²) in [5, 5.41) is 2.51. The number of hydrogen-bond donors (Lipinski definition) is 1. The maximum atomic E-state index is 12.1. The zero-order valence-electron chi connectivity index (χ0n) is 13.8. The third kappa shape index (κ3) is 4.15. The number of carbonyl (C=O) groups excluding carboxylic acids is 3. The van der Waals surface area contributed by atoms with Crippen molar-refractivity contribution in [1.82, 2.24) is 10.2 Å². The molecule has 1 aliphatic rings. The second-order valence-electron chi connectivity index (χ2n) is 5.24. The molecule has 8 heteroatoms. The number of carbonyl (C=O) groups is 3. The maximum absolute atomic E-state index is 12.1. The molecule has 1 fully saturated rings. The van der Waals surface area contributed by atoms with Crippen LogP contribution in [0.5, 0.6) is 11.5 Å². The molecule has 8 nitrogen and oxygen atoms in total. The van der Waals surface area contributed by atoms with Gasteiger partial charge in [-0.25, -0.2) is 9.59 Å². The average molecular weight is 336 g/mol. The van der Waals surface area contributed by atoms with Gasteiger partial charge < -0.3 is 19.5 Å². The van der Waals surface area contributed by atoms with Crippen LogP contribution in [-0.4, -0.2) is 55.2 Å². The number of rotatable bonds is 6. The van der Waals surface area contributed by atoms with E-state index in [4.69, 9.17) is 14.2 Å². The minimum Gasteiger partial charge on any atom is -0.497 e. The third-order valence-corrected chi connectivity index (χ3v) is 3.47. The number of hydrogen-bond acceptors (Lipinski definition) is 6. The van der Waals surface area contributed by atoms with Gasteiger partial charge in [0.25, 0.3) is 5.91 Å². The lowest BCUT2D eigenvalue weighted by molar-refractivity contribution is -0.163. The van der Waals surface area contributed by atoms with Gasteiger partial charge in [0.05, 0.1) is 7.11 Å². The predicted molar refractivity (Wildman–Crippen MR) is 83.7 cm³/mol. The zero-order valence-corrected chi connectivity index (χ0v) is 13.8. The minimum atomic E-state index is -1.07. The molecule has 1 heterocycles. The lowest BCUT2D eigenvalue weighted by atomic mass is 10.3. The SMILES string of the molecule is COc1ccc(O[C@H](C)C(=O)O[C@@H](C)C(=O)N2CCNC2=O)cc1. The monoisotopic (exact) mass is 336 g/mol. The van der Waals surface area contributed by atoms with Crippen LogP contribution in [0.25, 0.3) is 0 Å². The van der Waals surface area contributed by atoms with Crippen LogP contribution in [0, 0.1) is 0 Å². The average Bonchev–Trinajstić information content (AvgIpc) is 3.00. The van der Waals surface area contributed by atoms with E-state index in [1.165, 1.54) is 13.8 Å². The summed E-state index contributed by atoms with van der Waals surface area (Å²) in [4.78, 5) is 36.6. The summed E-state index contributed by atoms with van der Waals surface area (Å²) >= 11 is 0. The fraction of sp³-hybridized carbons (Fsp3) is 0.438. The Bertz CT molecular complexity index is 615. The van der Waals surface area contributed by atoms with Crippen LogP contribution in [0.1, 0.15) is 13.8 Å². The molecule has 1 aliphatic heterocycles. The normalized spacial score (nSPS) is 16.1. The van der Waals surface area contributed by atoms with Gasteiger partial charge in [-0.1, -0.05) is 0 Å². The van der Waals surface area contributed by atoms with Gasteiger partial charge in [0, 0.05) is 13.1 Å².